The number of carbonyl (C=O) groups is 3. The molecule has 0 aromatic rings. The Hall–Kier alpha value is -1.63. The van der Waals surface area contributed by atoms with Crippen LogP contribution in [0.25, 0.3) is 0 Å². The Balaban J connectivity index is 5.72. The number of nitrogens with zero attached hydrogens (tertiary/aromatic N) is 1. The van der Waals surface area contributed by atoms with Crippen LogP contribution in [0.5, 0.6) is 0 Å². The van der Waals surface area contributed by atoms with Crippen LogP contribution in [0.4, 0.5) is 4.79 Å². The van der Waals surface area contributed by atoms with Crippen LogP contribution >= 0.6 is 0 Å². The number of nitrogens with two attached hydrogens (primary N) is 1. The van der Waals surface area contributed by atoms with Crippen LogP contribution in [0, 0.1) is 5.92 Å². The number of rotatable bonds is 5. The summed E-state index contributed by atoms with van der Waals surface area (Å²) in [5.74, 6) is -2.08. The maximum atomic E-state index is 12.5. The summed E-state index contributed by atoms with van der Waals surface area (Å²) in [6.45, 7) is 11.4. The van der Waals surface area contributed by atoms with E-state index in [2.05, 4.69) is 0 Å². The summed E-state index contributed by atoms with van der Waals surface area (Å²) in [5.41, 5.74) is 3.52. The molecule has 0 aliphatic heterocycles. The van der Waals surface area contributed by atoms with Crippen LogP contribution in [0.1, 0.15) is 54.9 Å². The maximum absolute atomic E-state index is 12.5. The summed E-state index contributed by atoms with van der Waals surface area (Å²) in [6, 6.07) is -1.31. The van der Waals surface area contributed by atoms with Gasteiger partial charge in [0.2, 0.25) is 0 Å². The van der Waals surface area contributed by atoms with Crippen LogP contribution in [0.2, 0.25) is 0 Å². The molecule has 0 spiro atoms. The Kier molecular flexibility index (Phi) is 6.56. The van der Waals surface area contributed by atoms with Crippen molar-refractivity contribution in [3.8, 4) is 0 Å². The number of amides is 2. The summed E-state index contributed by atoms with van der Waals surface area (Å²) in [7, 11) is 0. The van der Waals surface area contributed by atoms with Gasteiger partial charge in [0.25, 0.3) is 5.91 Å². The van der Waals surface area contributed by atoms with Crippen LogP contribution < -0.4 is 5.73 Å². The Morgan fingerprint density at radius 2 is 1.59 bits per heavy atom. The molecule has 0 radical (unpaired) electrons. The van der Waals surface area contributed by atoms with Crippen molar-refractivity contribution in [2.45, 2.75) is 72.1 Å². The fraction of sp³-hybridized carbons (Fsp3) is 0.800. The van der Waals surface area contributed by atoms with Crippen molar-refractivity contribution >= 4 is 18.0 Å². The lowest BCUT2D eigenvalue weighted by molar-refractivity contribution is -0.152. The second-order valence-corrected chi connectivity index (χ2v) is 7.36. The van der Waals surface area contributed by atoms with Gasteiger partial charge in [-0.15, -0.1) is 0 Å². The molecular formula is C15H28N2O5. The zero-order valence-corrected chi connectivity index (χ0v) is 14.5. The lowest BCUT2D eigenvalue weighted by Gasteiger charge is -2.34. The number of ether oxygens (including phenoxy) is 1. The fourth-order valence-electron chi connectivity index (χ4n) is 1.74. The zero-order valence-electron chi connectivity index (χ0n) is 14.5. The van der Waals surface area contributed by atoms with E-state index in [1.807, 2.05) is 0 Å². The SMILES string of the molecule is CC(C)C[C@@H](C(=O)O)N(C(=O)OC(C)(C)C)C(=O)C(C)(C)N. The minimum Gasteiger partial charge on any atom is -0.480 e. The first kappa shape index (κ1) is 20.4. The first-order chi connectivity index (χ1) is 9.66. The quantitative estimate of drug-likeness (QED) is 0.802. The van der Waals surface area contributed by atoms with E-state index in [9.17, 15) is 19.5 Å². The Labute approximate surface area is 131 Å². The molecule has 2 amide bonds. The minimum absolute atomic E-state index is 0.0280. The van der Waals surface area contributed by atoms with Crippen LogP contribution in [0.15, 0.2) is 0 Å². The minimum atomic E-state index is -1.39. The van der Waals surface area contributed by atoms with Gasteiger partial charge in [0, 0.05) is 0 Å². The molecule has 0 saturated heterocycles. The second-order valence-electron chi connectivity index (χ2n) is 7.36. The van der Waals surface area contributed by atoms with E-state index in [0.717, 1.165) is 0 Å². The molecule has 7 nitrogen and oxygen atoms in total. The van der Waals surface area contributed by atoms with E-state index in [1.54, 1.807) is 34.6 Å². The molecule has 0 bridgehead atoms. The predicted molar refractivity (Wildman–Crippen MR) is 82.2 cm³/mol. The summed E-state index contributed by atoms with van der Waals surface area (Å²) < 4.78 is 5.18. The van der Waals surface area contributed by atoms with Gasteiger partial charge in [-0.05, 0) is 47.0 Å². The van der Waals surface area contributed by atoms with E-state index < -0.39 is 35.2 Å². The molecule has 3 N–H and O–H groups in total. The number of imide groups is 1. The van der Waals surface area contributed by atoms with Gasteiger partial charge in [-0.1, -0.05) is 13.8 Å². The van der Waals surface area contributed by atoms with Crippen molar-refractivity contribution in [1.82, 2.24) is 4.90 Å². The summed E-state index contributed by atoms with van der Waals surface area (Å²) in [5, 5.41) is 9.41. The molecule has 1 atom stereocenters. The number of carbonyl (C=O) groups excluding carboxylic acids is 2. The first-order valence-electron chi connectivity index (χ1n) is 7.25. The van der Waals surface area contributed by atoms with Gasteiger partial charge < -0.3 is 15.6 Å². The van der Waals surface area contributed by atoms with Gasteiger partial charge in [-0.25, -0.2) is 14.5 Å². The molecule has 0 fully saturated rings. The van der Waals surface area contributed by atoms with Gasteiger partial charge in [0.1, 0.15) is 11.6 Å². The highest BCUT2D eigenvalue weighted by atomic mass is 16.6. The maximum Gasteiger partial charge on any atom is 0.417 e. The monoisotopic (exact) mass is 316 g/mol. The lowest BCUT2D eigenvalue weighted by atomic mass is 9.99. The number of hydrogen-bond acceptors (Lipinski definition) is 5. The molecule has 0 heterocycles. The second kappa shape index (κ2) is 7.09. The van der Waals surface area contributed by atoms with Crippen molar-refractivity contribution in [1.29, 1.82) is 0 Å². The Bertz CT molecular complexity index is 432. The topological polar surface area (TPSA) is 110 Å². The van der Waals surface area contributed by atoms with E-state index >= 15 is 0 Å². The number of hydrogen-bond donors (Lipinski definition) is 2. The summed E-state index contributed by atoms with van der Waals surface area (Å²) in [6.07, 6.45) is -0.875. The normalized spacial score (nSPS) is 13.7. The molecule has 7 heteroatoms. The first-order valence-corrected chi connectivity index (χ1v) is 7.25. The Morgan fingerprint density at radius 3 is 1.86 bits per heavy atom. The van der Waals surface area contributed by atoms with Crippen LogP contribution in [-0.2, 0) is 14.3 Å². The molecule has 0 aliphatic rings. The largest absolute Gasteiger partial charge is 0.480 e. The number of aliphatic carboxylic acids is 1. The molecule has 128 valence electrons. The standard InChI is InChI=1S/C15H28N2O5/c1-9(2)8-10(11(18)19)17(12(20)15(6,7)16)13(21)22-14(3,4)5/h9-10H,8,16H2,1-7H3,(H,18,19)/t10-/m0/s1. The fourth-order valence-corrected chi connectivity index (χ4v) is 1.74. The number of carboxylic acid groups (broad SMARTS) is 1. The molecule has 0 rings (SSSR count). The zero-order chi connectivity index (χ0) is 17.9. The van der Waals surface area contributed by atoms with Crippen LogP contribution in [-0.4, -0.2) is 45.2 Å². The third-order valence-corrected chi connectivity index (χ3v) is 2.65. The van der Waals surface area contributed by atoms with Crippen molar-refractivity contribution in [2.75, 3.05) is 0 Å². The van der Waals surface area contributed by atoms with Gasteiger partial charge in [0.15, 0.2) is 0 Å². The molecule has 0 aromatic heterocycles. The van der Waals surface area contributed by atoms with E-state index in [-0.39, 0.29) is 12.3 Å². The summed E-state index contributed by atoms with van der Waals surface area (Å²) in [4.78, 5) is 37.0. The highest BCUT2D eigenvalue weighted by Gasteiger charge is 2.42. The Morgan fingerprint density at radius 1 is 1.14 bits per heavy atom. The molecule has 0 saturated carbocycles. The van der Waals surface area contributed by atoms with Gasteiger partial charge in [-0.3, -0.25) is 4.79 Å². The van der Waals surface area contributed by atoms with E-state index in [0.29, 0.717) is 4.90 Å². The summed E-state index contributed by atoms with van der Waals surface area (Å²) >= 11 is 0. The number of carboxylic acids is 1. The van der Waals surface area contributed by atoms with Gasteiger partial charge >= 0.3 is 12.1 Å². The third-order valence-electron chi connectivity index (χ3n) is 2.65. The van der Waals surface area contributed by atoms with Crippen LogP contribution in [0.3, 0.4) is 0 Å². The molecule has 22 heavy (non-hydrogen) atoms. The smallest absolute Gasteiger partial charge is 0.417 e. The van der Waals surface area contributed by atoms with E-state index in [4.69, 9.17) is 10.5 Å². The average Bonchev–Trinajstić information content (AvgIpc) is 2.23. The molecule has 0 aromatic carbocycles. The van der Waals surface area contributed by atoms with Gasteiger partial charge in [-0.2, -0.15) is 0 Å². The lowest BCUT2D eigenvalue weighted by Crippen LogP contribution is -2.59. The van der Waals surface area contributed by atoms with Crippen molar-refractivity contribution in [3.63, 3.8) is 0 Å². The van der Waals surface area contributed by atoms with E-state index in [1.165, 1.54) is 13.8 Å². The highest BCUT2D eigenvalue weighted by molar-refractivity contribution is 6.00. The molecular weight excluding hydrogens is 288 g/mol. The highest BCUT2D eigenvalue weighted by Crippen LogP contribution is 2.20. The molecule has 0 unspecified atom stereocenters. The third kappa shape index (κ3) is 6.43. The molecule has 0 aliphatic carbocycles. The van der Waals surface area contributed by atoms with Crippen molar-refractivity contribution in [2.24, 2.45) is 11.7 Å². The van der Waals surface area contributed by atoms with Crippen molar-refractivity contribution < 1.29 is 24.2 Å². The van der Waals surface area contributed by atoms with Crippen molar-refractivity contribution in [3.05, 3.63) is 0 Å². The average molecular weight is 316 g/mol. The predicted octanol–water partition coefficient (Wildman–Crippen LogP) is 1.99. The van der Waals surface area contributed by atoms with Gasteiger partial charge in [0.05, 0.1) is 5.54 Å².